The number of nitrogens with zero attached hydrogens (tertiary/aromatic N) is 3. The summed E-state index contributed by atoms with van der Waals surface area (Å²) in [6.07, 6.45) is 3.94. The van der Waals surface area contributed by atoms with Gasteiger partial charge in [0.25, 0.3) is 5.88 Å². The maximum absolute atomic E-state index is 9.18. The molecule has 0 saturated heterocycles. The molecule has 1 fully saturated rings. The molecule has 5 nitrogen and oxygen atoms in total. The van der Waals surface area contributed by atoms with Crippen LogP contribution < -0.4 is 10.5 Å². The Labute approximate surface area is 107 Å². The minimum absolute atomic E-state index is 0.0530. The van der Waals surface area contributed by atoms with Gasteiger partial charge in [-0.3, -0.25) is 0 Å². The number of nitrogens with two attached hydrogens (primary N) is 1. The van der Waals surface area contributed by atoms with Crippen molar-refractivity contribution in [3.05, 3.63) is 16.8 Å². The summed E-state index contributed by atoms with van der Waals surface area (Å²) in [7, 11) is 0. The Kier molecular flexibility index (Phi) is 3.78. The van der Waals surface area contributed by atoms with Gasteiger partial charge < -0.3 is 10.5 Å². The predicted octanol–water partition coefficient (Wildman–Crippen LogP) is 1.61. The summed E-state index contributed by atoms with van der Waals surface area (Å²) < 4.78 is 5.81. The molecule has 0 amide bonds. The summed E-state index contributed by atoms with van der Waals surface area (Å²) in [6.45, 7) is 3.70. The van der Waals surface area contributed by atoms with Crippen LogP contribution in [-0.2, 0) is 0 Å². The van der Waals surface area contributed by atoms with Gasteiger partial charge in [0.2, 0.25) is 0 Å². The summed E-state index contributed by atoms with van der Waals surface area (Å²) >= 11 is 0. The topological polar surface area (TPSA) is 84.8 Å². The SMILES string of the molecule is Cc1nnc(OC2CCCC(N)C2)c(C#N)c1C. The van der Waals surface area contributed by atoms with Crippen molar-refractivity contribution in [1.29, 1.82) is 5.26 Å². The Morgan fingerprint density at radius 1 is 1.33 bits per heavy atom. The second-order valence-corrected chi connectivity index (χ2v) is 4.87. The van der Waals surface area contributed by atoms with Gasteiger partial charge in [0, 0.05) is 6.04 Å². The number of aromatic nitrogens is 2. The van der Waals surface area contributed by atoms with E-state index >= 15 is 0 Å². The Morgan fingerprint density at radius 3 is 2.78 bits per heavy atom. The predicted molar refractivity (Wildman–Crippen MR) is 67.1 cm³/mol. The Balaban J connectivity index is 2.19. The molecule has 1 aliphatic carbocycles. The molecule has 0 spiro atoms. The van der Waals surface area contributed by atoms with Crippen LogP contribution in [0.3, 0.4) is 0 Å². The molecule has 0 bridgehead atoms. The van der Waals surface area contributed by atoms with Gasteiger partial charge in [-0.05, 0) is 45.1 Å². The van der Waals surface area contributed by atoms with Crippen LogP contribution in [0.5, 0.6) is 5.88 Å². The minimum atomic E-state index is 0.0530. The number of hydrogen-bond acceptors (Lipinski definition) is 5. The summed E-state index contributed by atoms with van der Waals surface area (Å²) in [5, 5.41) is 17.2. The zero-order valence-corrected chi connectivity index (χ0v) is 10.8. The molecule has 1 aromatic heterocycles. The molecule has 0 aromatic carbocycles. The number of rotatable bonds is 2. The first kappa shape index (κ1) is 12.8. The van der Waals surface area contributed by atoms with E-state index in [-0.39, 0.29) is 12.1 Å². The van der Waals surface area contributed by atoms with Crippen molar-refractivity contribution in [2.75, 3.05) is 0 Å². The molecule has 1 saturated carbocycles. The lowest BCUT2D eigenvalue weighted by Gasteiger charge is -2.27. The quantitative estimate of drug-likeness (QED) is 0.857. The number of aryl methyl sites for hydroxylation is 1. The molecule has 1 heterocycles. The highest BCUT2D eigenvalue weighted by Gasteiger charge is 2.23. The smallest absolute Gasteiger partial charge is 0.252 e. The van der Waals surface area contributed by atoms with Crippen molar-refractivity contribution in [3.8, 4) is 11.9 Å². The van der Waals surface area contributed by atoms with Crippen LogP contribution in [0.2, 0.25) is 0 Å². The lowest BCUT2D eigenvalue weighted by atomic mass is 9.93. The lowest BCUT2D eigenvalue weighted by Crippen LogP contribution is -2.34. The molecule has 18 heavy (non-hydrogen) atoms. The third-order valence-electron chi connectivity index (χ3n) is 3.48. The number of nitriles is 1. The van der Waals surface area contributed by atoms with E-state index in [9.17, 15) is 5.26 Å². The van der Waals surface area contributed by atoms with Gasteiger partial charge in [0.15, 0.2) is 0 Å². The standard InChI is InChI=1S/C13H18N4O/c1-8-9(2)16-17-13(12(8)7-14)18-11-5-3-4-10(15)6-11/h10-11H,3-6,15H2,1-2H3. The number of ether oxygens (including phenoxy) is 1. The molecule has 2 N–H and O–H groups in total. The highest BCUT2D eigenvalue weighted by Crippen LogP contribution is 2.25. The fraction of sp³-hybridized carbons (Fsp3) is 0.615. The van der Waals surface area contributed by atoms with E-state index in [4.69, 9.17) is 10.5 Å². The average molecular weight is 246 g/mol. The van der Waals surface area contributed by atoms with Crippen LogP contribution >= 0.6 is 0 Å². The highest BCUT2D eigenvalue weighted by atomic mass is 16.5. The fourth-order valence-electron chi connectivity index (χ4n) is 2.25. The minimum Gasteiger partial charge on any atom is -0.472 e. The molecular formula is C13H18N4O. The molecule has 0 radical (unpaired) electrons. The van der Waals surface area contributed by atoms with Crippen LogP contribution in [0.15, 0.2) is 0 Å². The van der Waals surface area contributed by atoms with Crippen molar-refractivity contribution in [3.63, 3.8) is 0 Å². The van der Waals surface area contributed by atoms with Crippen LogP contribution in [0.25, 0.3) is 0 Å². The number of hydrogen-bond donors (Lipinski definition) is 1. The van der Waals surface area contributed by atoms with Gasteiger partial charge in [0.1, 0.15) is 17.7 Å². The van der Waals surface area contributed by atoms with E-state index in [0.29, 0.717) is 11.4 Å². The van der Waals surface area contributed by atoms with Gasteiger partial charge in [-0.1, -0.05) is 0 Å². The molecule has 2 rings (SSSR count). The average Bonchev–Trinajstić information content (AvgIpc) is 2.34. The zero-order chi connectivity index (χ0) is 13.1. The summed E-state index contributed by atoms with van der Waals surface area (Å²) in [6, 6.07) is 2.34. The first-order valence-corrected chi connectivity index (χ1v) is 6.28. The van der Waals surface area contributed by atoms with E-state index in [2.05, 4.69) is 16.3 Å². The van der Waals surface area contributed by atoms with Crippen LogP contribution in [0.1, 0.15) is 42.5 Å². The molecule has 1 aliphatic rings. The molecule has 1 aromatic rings. The van der Waals surface area contributed by atoms with E-state index in [1.54, 1.807) is 0 Å². The summed E-state index contributed by atoms with van der Waals surface area (Å²) in [5.41, 5.74) is 8.01. The van der Waals surface area contributed by atoms with Gasteiger partial charge >= 0.3 is 0 Å². The summed E-state index contributed by atoms with van der Waals surface area (Å²) in [5.74, 6) is 0.347. The normalized spacial score (nSPS) is 23.4. The van der Waals surface area contributed by atoms with Gasteiger partial charge in [-0.2, -0.15) is 10.4 Å². The first-order chi connectivity index (χ1) is 8.61. The van der Waals surface area contributed by atoms with Crippen molar-refractivity contribution < 1.29 is 4.74 Å². The summed E-state index contributed by atoms with van der Waals surface area (Å²) in [4.78, 5) is 0. The third kappa shape index (κ3) is 2.59. The van der Waals surface area contributed by atoms with Crippen LogP contribution in [-0.4, -0.2) is 22.3 Å². The second kappa shape index (κ2) is 5.32. The Bertz CT molecular complexity index is 481. The van der Waals surface area contributed by atoms with Crippen molar-refractivity contribution in [2.45, 2.75) is 51.7 Å². The zero-order valence-electron chi connectivity index (χ0n) is 10.8. The van der Waals surface area contributed by atoms with Gasteiger partial charge in [-0.15, -0.1) is 5.10 Å². The molecule has 0 aliphatic heterocycles. The van der Waals surface area contributed by atoms with E-state index in [1.807, 2.05) is 13.8 Å². The molecule has 5 heteroatoms. The fourth-order valence-corrected chi connectivity index (χ4v) is 2.25. The van der Waals surface area contributed by atoms with Crippen LogP contribution in [0.4, 0.5) is 0 Å². The maximum Gasteiger partial charge on any atom is 0.252 e. The third-order valence-corrected chi connectivity index (χ3v) is 3.48. The van der Waals surface area contributed by atoms with Crippen LogP contribution in [0, 0.1) is 25.2 Å². The van der Waals surface area contributed by atoms with E-state index in [0.717, 1.165) is 36.9 Å². The molecular weight excluding hydrogens is 228 g/mol. The van der Waals surface area contributed by atoms with E-state index in [1.165, 1.54) is 0 Å². The monoisotopic (exact) mass is 246 g/mol. The van der Waals surface area contributed by atoms with E-state index < -0.39 is 0 Å². The highest BCUT2D eigenvalue weighted by molar-refractivity contribution is 5.44. The maximum atomic E-state index is 9.18. The molecule has 96 valence electrons. The largest absolute Gasteiger partial charge is 0.472 e. The van der Waals surface area contributed by atoms with Gasteiger partial charge in [0.05, 0.1) is 5.69 Å². The second-order valence-electron chi connectivity index (χ2n) is 4.87. The van der Waals surface area contributed by atoms with Gasteiger partial charge in [-0.25, -0.2) is 0 Å². The first-order valence-electron chi connectivity index (χ1n) is 6.28. The van der Waals surface area contributed by atoms with Crippen molar-refractivity contribution >= 4 is 0 Å². The Morgan fingerprint density at radius 2 is 2.11 bits per heavy atom. The Hall–Kier alpha value is -1.67. The molecule has 2 atom stereocenters. The molecule has 2 unspecified atom stereocenters. The van der Waals surface area contributed by atoms with Crippen molar-refractivity contribution in [2.24, 2.45) is 5.73 Å². The van der Waals surface area contributed by atoms with Crippen molar-refractivity contribution in [1.82, 2.24) is 10.2 Å². The lowest BCUT2D eigenvalue weighted by molar-refractivity contribution is 0.136.